The quantitative estimate of drug-likeness (QED) is 0.832. The van der Waals surface area contributed by atoms with Crippen molar-refractivity contribution in [3.8, 4) is 0 Å². The number of nitrogens with one attached hydrogen (secondary N) is 1. The van der Waals surface area contributed by atoms with Gasteiger partial charge in [0.1, 0.15) is 0 Å². The Morgan fingerprint density at radius 3 is 2.48 bits per heavy atom. The number of anilines is 1. The van der Waals surface area contributed by atoms with Crippen LogP contribution in [0.5, 0.6) is 0 Å². The van der Waals surface area contributed by atoms with Crippen LogP contribution in [0.2, 0.25) is 0 Å². The second-order valence-corrected chi connectivity index (χ2v) is 5.51. The molecule has 0 bridgehead atoms. The number of aryl methyl sites for hydroxylation is 3. The average Bonchev–Trinajstić information content (AvgIpc) is 2.54. The highest BCUT2D eigenvalue weighted by atomic mass is 16.5. The summed E-state index contributed by atoms with van der Waals surface area (Å²) in [5.74, 6) is -0.699. The van der Waals surface area contributed by atoms with Crippen molar-refractivity contribution in [2.75, 3.05) is 11.9 Å². The van der Waals surface area contributed by atoms with Gasteiger partial charge in [-0.2, -0.15) is 0 Å². The summed E-state index contributed by atoms with van der Waals surface area (Å²) in [6.45, 7) is 3.66. The maximum atomic E-state index is 11.8. The third kappa shape index (κ3) is 5.58. The maximum Gasteiger partial charge on any atom is 0.306 e. The van der Waals surface area contributed by atoms with Gasteiger partial charge in [-0.1, -0.05) is 48.0 Å². The van der Waals surface area contributed by atoms with Gasteiger partial charge in [-0.15, -0.1) is 0 Å². The van der Waals surface area contributed by atoms with Gasteiger partial charge < -0.3 is 10.1 Å². The van der Waals surface area contributed by atoms with E-state index in [-0.39, 0.29) is 24.9 Å². The first-order chi connectivity index (χ1) is 11.0. The van der Waals surface area contributed by atoms with Gasteiger partial charge in [0.2, 0.25) is 0 Å². The van der Waals surface area contributed by atoms with Crippen LogP contribution in [0.15, 0.2) is 48.5 Å². The van der Waals surface area contributed by atoms with Crippen molar-refractivity contribution < 1.29 is 14.3 Å². The fourth-order valence-corrected chi connectivity index (χ4v) is 2.25. The molecule has 0 fully saturated rings. The van der Waals surface area contributed by atoms with E-state index in [1.807, 2.05) is 62.4 Å². The lowest BCUT2D eigenvalue weighted by Gasteiger charge is -2.09. The van der Waals surface area contributed by atoms with Crippen molar-refractivity contribution >= 4 is 17.6 Å². The molecule has 2 rings (SSSR count). The van der Waals surface area contributed by atoms with Crippen LogP contribution in [0, 0.1) is 13.8 Å². The second kappa shape index (κ2) is 8.13. The summed E-state index contributed by atoms with van der Waals surface area (Å²) in [7, 11) is 0. The molecule has 23 heavy (non-hydrogen) atoms. The van der Waals surface area contributed by atoms with E-state index in [1.165, 1.54) is 0 Å². The molecule has 2 aromatic rings. The number of ether oxygens (including phenoxy) is 1. The zero-order valence-electron chi connectivity index (χ0n) is 13.5. The standard InChI is InChI=1S/C19H21NO3/c1-14-8-10-17(15(2)12-14)20-18(21)13-23-19(22)11-9-16-6-4-3-5-7-16/h3-8,10,12H,9,11,13H2,1-2H3,(H,20,21). The van der Waals surface area contributed by atoms with E-state index in [0.717, 1.165) is 22.4 Å². The van der Waals surface area contributed by atoms with Crippen LogP contribution in [-0.4, -0.2) is 18.5 Å². The van der Waals surface area contributed by atoms with E-state index in [9.17, 15) is 9.59 Å². The Morgan fingerprint density at radius 2 is 1.78 bits per heavy atom. The Bertz CT molecular complexity index is 680. The number of rotatable bonds is 6. The molecule has 120 valence electrons. The molecule has 4 heteroatoms. The predicted molar refractivity (Wildman–Crippen MR) is 90.3 cm³/mol. The van der Waals surface area contributed by atoms with E-state index in [0.29, 0.717) is 6.42 Å². The van der Waals surface area contributed by atoms with Crippen molar-refractivity contribution in [3.63, 3.8) is 0 Å². The maximum absolute atomic E-state index is 11.8. The molecule has 0 aliphatic carbocycles. The monoisotopic (exact) mass is 311 g/mol. The molecular formula is C19H21NO3. The van der Waals surface area contributed by atoms with Crippen molar-refractivity contribution in [2.24, 2.45) is 0 Å². The highest BCUT2D eigenvalue weighted by Gasteiger charge is 2.09. The lowest BCUT2D eigenvalue weighted by atomic mass is 10.1. The van der Waals surface area contributed by atoms with Crippen molar-refractivity contribution in [1.82, 2.24) is 0 Å². The first kappa shape index (κ1) is 16.7. The fourth-order valence-electron chi connectivity index (χ4n) is 2.25. The fraction of sp³-hybridized carbons (Fsp3) is 0.263. The summed E-state index contributed by atoms with van der Waals surface area (Å²) < 4.78 is 5.01. The van der Waals surface area contributed by atoms with E-state index < -0.39 is 0 Å². The molecule has 0 aromatic heterocycles. The summed E-state index contributed by atoms with van der Waals surface area (Å²) in [5, 5.41) is 2.75. The van der Waals surface area contributed by atoms with Crippen LogP contribution in [0.25, 0.3) is 0 Å². The predicted octanol–water partition coefficient (Wildman–Crippen LogP) is 3.42. The molecule has 0 aliphatic heterocycles. The first-order valence-electron chi connectivity index (χ1n) is 7.61. The van der Waals surface area contributed by atoms with Crippen LogP contribution < -0.4 is 5.32 Å². The van der Waals surface area contributed by atoms with Crippen LogP contribution in [-0.2, 0) is 20.7 Å². The summed E-state index contributed by atoms with van der Waals surface area (Å²) >= 11 is 0. The lowest BCUT2D eigenvalue weighted by molar-refractivity contribution is -0.147. The molecule has 2 aromatic carbocycles. The molecule has 0 atom stereocenters. The third-order valence-corrected chi connectivity index (χ3v) is 3.48. The smallest absolute Gasteiger partial charge is 0.306 e. The van der Waals surface area contributed by atoms with Gasteiger partial charge in [-0.25, -0.2) is 0 Å². The SMILES string of the molecule is Cc1ccc(NC(=O)COC(=O)CCc2ccccc2)c(C)c1. The third-order valence-electron chi connectivity index (χ3n) is 3.48. The molecule has 1 N–H and O–H groups in total. The van der Waals surface area contributed by atoms with Gasteiger partial charge in [-0.05, 0) is 37.5 Å². The van der Waals surface area contributed by atoms with E-state index >= 15 is 0 Å². The number of benzene rings is 2. The Kier molecular flexibility index (Phi) is 5.92. The van der Waals surface area contributed by atoms with Crippen LogP contribution in [0.4, 0.5) is 5.69 Å². The molecule has 0 spiro atoms. The van der Waals surface area contributed by atoms with Gasteiger partial charge in [0.25, 0.3) is 5.91 Å². The van der Waals surface area contributed by atoms with Crippen molar-refractivity contribution in [3.05, 3.63) is 65.2 Å². The minimum Gasteiger partial charge on any atom is -0.456 e. The van der Waals surface area contributed by atoms with Crippen molar-refractivity contribution in [2.45, 2.75) is 26.7 Å². The van der Waals surface area contributed by atoms with Crippen LogP contribution >= 0.6 is 0 Å². The molecule has 4 nitrogen and oxygen atoms in total. The van der Waals surface area contributed by atoms with Crippen molar-refractivity contribution in [1.29, 1.82) is 0 Å². The molecule has 1 amide bonds. The molecule has 0 unspecified atom stereocenters. The van der Waals surface area contributed by atoms with Gasteiger partial charge in [0, 0.05) is 12.1 Å². The van der Waals surface area contributed by atoms with Crippen LogP contribution in [0.1, 0.15) is 23.1 Å². The summed E-state index contributed by atoms with van der Waals surface area (Å²) in [5.41, 5.74) is 3.92. The van der Waals surface area contributed by atoms with Gasteiger partial charge >= 0.3 is 5.97 Å². The first-order valence-corrected chi connectivity index (χ1v) is 7.61. The summed E-state index contributed by atoms with van der Waals surface area (Å²) in [4.78, 5) is 23.5. The Morgan fingerprint density at radius 1 is 1.04 bits per heavy atom. The van der Waals surface area contributed by atoms with E-state index in [1.54, 1.807) is 0 Å². The molecule has 0 heterocycles. The zero-order chi connectivity index (χ0) is 16.7. The number of carbonyl (C=O) groups excluding carboxylic acids is 2. The second-order valence-electron chi connectivity index (χ2n) is 5.51. The topological polar surface area (TPSA) is 55.4 Å². The number of hydrogen-bond acceptors (Lipinski definition) is 3. The summed E-state index contributed by atoms with van der Waals surface area (Å²) in [6.07, 6.45) is 0.874. The van der Waals surface area contributed by atoms with Gasteiger partial charge in [-0.3, -0.25) is 9.59 Å². The number of hydrogen-bond donors (Lipinski definition) is 1. The molecule has 0 saturated carbocycles. The lowest BCUT2D eigenvalue weighted by Crippen LogP contribution is -2.21. The van der Waals surface area contributed by atoms with Crippen LogP contribution in [0.3, 0.4) is 0 Å². The normalized spacial score (nSPS) is 10.2. The molecular weight excluding hydrogens is 290 g/mol. The van der Waals surface area contributed by atoms with Gasteiger partial charge in [0.15, 0.2) is 6.61 Å². The Hall–Kier alpha value is -2.62. The molecule has 0 saturated heterocycles. The number of carbonyl (C=O) groups is 2. The minimum absolute atomic E-state index is 0.263. The Labute approximate surface area is 136 Å². The average molecular weight is 311 g/mol. The summed E-state index contributed by atoms with van der Waals surface area (Å²) in [6, 6.07) is 15.5. The zero-order valence-corrected chi connectivity index (χ0v) is 13.5. The highest BCUT2D eigenvalue weighted by molar-refractivity contribution is 5.93. The van der Waals surface area contributed by atoms with E-state index in [4.69, 9.17) is 4.74 Å². The number of amides is 1. The molecule has 0 radical (unpaired) electrons. The van der Waals surface area contributed by atoms with Gasteiger partial charge in [0.05, 0.1) is 0 Å². The molecule has 0 aliphatic rings. The minimum atomic E-state index is -0.371. The van der Waals surface area contributed by atoms with E-state index in [2.05, 4.69) is 5.32 Å². The largest absolute Gasteiger partial charge is 0.456 e. The number of esters is 1. The highest BCUT2D eigenvalue weighted by Crippen LogP contribution is 2.15. The Balaban J connectivity index is 1.74.